The van der Waals surface area contributed by atoms with E-state index in [-0.39, 0.29) is 12.3 Å². The van der Waals surface area contributed by atoms with Gasteiger partial charge in [-0.1, -0.05) is 17.7 Å². The summed E-state index contributed by atoms with van der Waals surface area (Å²) in [5, 5.41) is 16.5. The van der Waals surface area contributed by atoms with Crippen LogP contribution in [-0.2, 0) is 9.59 Å². The van der Waals surface area contributed by atoms with Crippen LogP contribution in [0.1, 0.15) is 23.1 Å². The molecule has 1 aliphatic heterocycles. The number of hydrogen-bond donors (Lipinski definition) is 3. The zero-order valence-corrected chi connectivity index (χ0v) is 14.1. The predicted octanol–water partition coefficient (Wildman–Crippen LogP) is -2.48. The minimum absolute atomic E-state index is 0.0512. The molecule has 0 spiro atoms. The predicted molar refractivity (Wildman–Crippen MR) is 85.1 cm³/mol. The number of benzene rings is 1. The van der Waals surface area contributed by atoms with E-state index >= 15 is 0 Å². The Morgan fingerprint density at radius 1 is 1.22 bits per heavy atom. The number of piperazine rings is 1. The van der Waals surface area contributed by atoms with E-state index < -0.39 is 12.0 Å². The monoisotopic (exact) mass is 320 g/mol. The van der Waals surface area contributed by atoms with Gasteiger partial charge in [-0.3, -0.25) is 4.79 Å². The van der Waals surface area contributed by atoms with Gasteiger partial charge in [0.1, 0.15) is 32.2 Å². The number of aryl methyl sites for hydroxylation is 3. The highest BCUT2D eigenvalue weighted by Gasteiger charge is 2.29. The molecular weight excluding hydrogens is 294 g/mol. The van der Waals surface area contributed by atoms with Gasteiger partial charge < -0.3 is 25.4 Å². The molecular formula is C17H26N3O3+. The molecule has 6 heteroatoms. The van der Waals surface area contributed by atoms with Crippen LogP contribution in [0, 0.1) is 20.8 Å². The maximum atomic E-state index is 12.3. The van der Waals surface area contributed by atoms with E-state index in [1.807, 2.05) is 32.9 Å². The van der Waals surface area contributed by atoms with Crippen molar-refractivity contribution >= 4 is 17.6 Å². The zero-order valence-electron chi connectivity index (χ0n) is 14.1. The van der Waals surface area contributed by atoms with Crippen molar-refractivity contribution < 1.29 is 24.9 Å². The second-order valence-electron chi connectivity index (χ2n) is 6.42. The number of nitrogens with one attached hydrogen (secondary N) is 2. The third kappa shape index (κ3) is 4.53. The number of rotatable bonds is 5. The Bertz CT molecular complexity index is 572. The van der Waals surface area contributed by atoms with Crippen LogP contribution in [0.2, 0.25) is 0 Å². The van der Waals surface area contributed by atoms with E-state index in [1.165, 1.54) is 0 Å². The maximum Gasteiger partial charge on any atom is 0.230 e. The van der Waals surface area contributed by atoms with Crippen LogP contribution in [0.15, 0.2) is 12.1 Å². The minimum Gasteiger partial charge on any atom is -0.544 e. The van der Waals surface area contributed by atoms with Crippen LogP contribution in [0.4, 0.5) is 5.69 Å². The lowest BCUT2D eigenvalue weighted by Gasteiger charge is -2.30. The van der Waals surface area contributed by atoms with E-state index in [0.29, 0.717) is 0 Å². The van der Waals surface area contributed by atoms with Gasteiger partial charge in [0.25, 0.3) is 0 Å². The van der Waals surface area contributed by atoms with E-state index in [0.717, 1.165) is 53.5 Å². The number of hydrogen-bond acceptors (Lipinski definition) is 3. The summed E-state index contributed by atoms with van der Waals surface area (Å²) in [6, 6.07) is 3.23. The lowest BCUT2D eigenvalue weighted by atomic mass is 10.0. The van der Waals surface area contributed by atoms with E-state index in [1.54, 1.807) is 0 Å². The molecule has 6 nitrogen and oxygen atoms in total. The summed E-state index contributed by atoms with van der Waals surface area (Å²) in [5.41, 5.74) is 3.89. The Morgan fingerprint density at radius 3 is 2.30 bits per heavy atom. The molecule has 1 heterocycles. The molecule has 1 amide bonds. The van der Waals surface area contributed by atoms with Crippen molar-refractivity contribution in [3.05, 3.63) is 28.8 Å². The summed E-state index contributed by atoms with van der Waals surface area (Å²) in [7, 11) is 0. The number of carbonyl (C=O) groups is 2. The molecule has 0 aromatic heterocycles. The lowest BCUT2D eigenvalue weighted by molar-refractivity contribution is -0.961. The second-order valence-corrected chi connectivity index (χ2v) is 6.42. The standard InChI is InChI=1S/C17H25N3O3/c1-11-8-12(2)16(13(3)9-11)19-15(21)10-14(17(22)23)20-6-4-18-5-7-20/h8-9,14,18H,4-7,10H2,1-3H3,(H,19,21)(H,22,23)/p+1/t14-/m1/s1. The molecule has 1 aromatic carbocycles. The fourth-order valence-electron chi connectivity index (χ4n) is 3.34. The zero-order chi connectivity index (χ0) is 17.0. The second kappa shape index (κ2) is 7.57. The summed E-state index contributed by atoms with van der Waals surface area (Å²) < 4.78 is 0. The average Bonchev–Trinajstić information content (AvgIpc) is 2.49. The van der Waals surface area contributed by atoms with Gasteiger partial charge in [-0.05, 0) is 31.9 Å². The average molecular weight is 320 g/mol. The van der Waals surface area contributed by atoms with Gasteiger partial charge in [0.05, 0.1) is 12.4 Å². The van der Waals surface area contributed by atoms with Crippen LogP contribution >= 0.6 is 0 Å². The molecule has 1 fully saturated rings. The van der Waals surface area contributed by atoms with E-state index in [9.17, 15) is 14.7 Å². The maximum absolute atomic E-state index is 12.3. The first kappa shape index (κ1) is 17.4. The quantitative estimate of drug-likeness (QED) is 0.561. The van der Waals surface area contributed by atoms with Crippen molar-refractivity contribution in [2.75, 3.05) is 31.5 Å². The van der Waals surface area contributed by atoms with E-state index in [4.69, 9.17) is 0 Å². The molecule has 23 heavy (non-hydrogen) atoms. The first-order valence-corrected chi connectivity index (χ1v) is 8.13. The molecule has 0 saturated carbocycles. The van der Waals surface area contributed by atoms with Crippen molar-refractivity contribution in [1.82, 2.24) is 0 Å². The molecule has 126 valence electrons. The fourth-order valence-corrected chi connectivity index (χ4v) is 3.34. The molecule has 0 radical (unpaired) electrons. The molecule has 1 atom stereocenters. The van der Waals surface area contributed by atoms with Crippen molar-refractivity contribution in [3.8, 4) is 0 Å². The van der Waals surface area contributed by atoms with Crippen molar-refractivity contribution in [3.63, 3.8) is 0 Å². The Labute approximate surface area is 136 Å². The topological polar surface area (TPSA) is 90.3 Å². The number of carboxylic acids is 1. The molecule has 0 aliphatic carbocycles. The highest BCUT2D eigenvalue weighted by atomic mass is 16.4. The molecule has 2 rings (SSSR count). The van der Waals surface area contributed by atoms with Crippen LogP contribution in [0.3, 0.4) is 0 Å². The van der Waals surface area contributed by atoms with Gasteiger partial charge in [-0.15, -0.1) is 0 Å². The van der Waals surface area contributed by atoms with Gasteiger partial charge in [-0.25, -0.2) is 0 Å². The summed E-state index contributed by atoms with van der Waals surface area (Å²) >= 11 is 0. The summed E-state index contributed by atoms with van der Waals surface area (Å²) in [6.45, 7) is 9.15. The smallest absolute Gasteiger partial charge is 0.230 e. The fraction of sp³-hybridized carbons (Fsp3) is 0.529. The number of carboxylic acid groups (broad SMARTS) is 1. The molecule has 1 saturated heterocycles. The molecule has 1 aliphatic rings. The Kier molecular flexibility index (Phi) is 5.74. The van der Waals surface area contributed by atoms with Crippen LogP contribution < -0.4 is 20.6 Å². The van der Waals surface area contributed by atoms with Crippen molar-refractivity contribution in [2.45, 2.75) is 33.2 Å². The van der Waals surface area contributed by atoms with Crippen molar-refractivity contribution in [1.29, 1.82) is 0 Å². The number of aliphatic carboxylic acids is 1. The van der Waals surface area contributed by atoms with E-state index in [2.05, 4.69) is 10.6 Å². The highest BCUT2D eigenvalue weighted by Crippen LogP contribution is 2.22. The summed E-state index contributed by atoms with van der Waals surface area (Å²) in [6.07, 6.45) is -0.0512. The number of amides is 1. The number of quaternary nitrogens is 2. The lowest BCUT2D eigenvalue weighted by Crippen LogP contribution is -3.24. The van der Waals surface area contributed by atoms with Gasteiger partial charge >= 0.3 is 0 Å². The number of carbonyl (C=O) groups excluding carboxylic acids is 2. The van der Waals surface area contributed by atoms with Crippen LogP contribution in [0.5, 0.6) is 0 Å². The summed E-state index contributed by atoms with van der Waals surface area (Å²) in [4.78, 5) is 24.7. The van der Waals surface area contributed by atoms with Gasteiger partial charge in [0.2, 0.25) is 5.91 Å². The minimum atomic E-state index is -1.14. The Morgan fingerprint density at radius 2 is 1.78 bits per heavy atom. The van der Waals surface area contributed by atoms with Gasteiger partial charge in [-0.2, -0.15) is 0 Å². The largest absolute Gasteiger partial charge is 0.544 e. The molecule has 0 unspecified atom stereocenters. The van der Waals surface area contributed by atoms with Crippen LogP contribution in [-0.4, -0.2) is 44.1 Å². The molecule has 4 N–H and O–H groups in total. The van der Waals surface area contributed by atoms with Crippen molar-refractivity contribution in [2.24, 2.45) is 0 Å². The Balaban J connectivity index is 2.06. The molecule has 1 aromatic rings. The highest BCUT2D eigenvalue weighted by molar-refractivity contribution is 5.94. The first-order valence-electron chi connectivity index (χ1n) is 8.13. The Hall–Kier alpha value is -1.92. The SMILES string of the molecule is Cc1cc(C)c(NC(=O)C[C@H](C(=O)[O-])[NH+]2CC[NH2+]CC2)c(C)c1. The summed E-state index contributed by atoms with van der Waals surface area (Å²) in [5.74, 6) is -1.41. The first-order chi connectivity index (χ1) is 10.9. The van der Waals surface area contributed by atoms with Crippen LogP contribution in [0.25, 0.3) is 0 Å². The van der Waals surface area contributed by atoms with Gasteiger partial charge in [0, 0.05) is 5.69 Å². The molecule has 0 bridgehead atoms. The van der Waals surface area contributed by atoms with Gasteiger partial charge in [0.15, 0.2) is 0 Å². The normalized spacial score (nSPS) is 16.8. The third-order valence-corrected chi connectivity index (χ3v) is 4.45. The third-order valence-electron chi connectivity index (χ3n) is 4.45. The number of nitrogens with two attached hydrogens (primary N) is 1. The number of anilines is 1.